The second-order valence-electron chi connectivity index (χ2n) is 7.59. The molecule has 2 N–H and O–H groups in total. The molecule has 8 heteroatoms. The van der Waals surface area contributed by atoms with Crippen molar-refractivity contribution in [3.8, 4) is 17.2 Å². The van der Waals surface area contributed by atoms with Gasteiger partial charge in [0, 0.05) is 5.02 Å². The number of ether oxygens (including phenoxy) is 2. The van der Waals surface area contributed by atoms with Crippen LogP contribution in [-0.4, -0.2) is 23.8 Å². The maximum Gasteiger partial charge on any atom is 0.275 e. The summed E-state index contributed by atoms with van der Waals surface area (Å²) in [6.07, 6.45) is 1.52. The lowest BCUT2D eigenvalue weighted by Gasteiger charge is -2.15. The first kappa shape index (κ1) is 24.8. The SMILES string of the molecule is CCOc1cc(C=NNC(=O)c2cc3ccccc3cc2O)cc(I)c1OCc1ccc(Cl)cc1. The summed E-state index contributed by atoms with van der Waals surface area (Å²) < 4.78 is 12.7. The number of hydrazone groups is 1. The normalized spacial score (nSPS) is 11.1. The van der Waals surface area contributed by atoms with Crippen molar-refractivity contribution in [2.24, 2.45) is 5.10 Å². The number of phenols is 1. The number of amides is 1. The Balaban J connectivity index is 1.48. The van der Waals surface area contributed by atoms with E-state index in [4.69, 9.17) is 21.1 Å². The number of benzene rings is 4. The summed E-state index contributed by atoms with van der Waals surface area (Å²) in [4.78, 5) is 12.6. The zero-order valence-corrected chi connectivity index (χ0v) is 21.7. The molecule has 0 aliphatic rings. The lowest BCUT2D eigenvalue weighted by Crippen LogP contribution is -2.17. The second-order valence-corrected chi connectivity index (χ2v) is 9.19. The number of carbonyl (C=O) groups is 1. The molecule has 0 fully saturated rings. The van der Waals surface area contributed by atoms with Gasteiger partial charge in [0.2, 0.25) is 0 Å². The summed E-state index contributed by atoms with van der Waals surface area (Å²) in [6, 6.07) is 21.8. The molecule has 0 aliphatic carbocycles. The Morgan fingerprint density at radius 1 is 1.06 bits per heavy atom. The molecule has 0 atom stereocenters. The number of halogens is 2. The van der Waals surface area contributed by atoms with Crippen LogP contribution in [0, 0.1) is 3.57 Å². The first-order valence-corrected chi connectivity index (χ1v) is 12.3. The van der Waals surface area contributed by atoms with Gasteiger partial charge in [-0.25, -0.2) is 5.43 Å². The lowest BCUT2D eigenvalue weighted by atomic mass is 10.1. The predicted octanol–water partition coefficient (Wildman–Crippen LogP) is 6.55. The summed E-state index contributed by atoms with van der Waals surface area (Å²) in [7, 11) is 0. The molecular formula is C27H22ClIN2O4. The molecule has 4 rings (SSSR count). The van der Waals surface area contributed by atoms with Crippen molar-refractivity contribution >= 4 is 57.1 Å². The van der Waals surface area contributed by atoms with Crippen LogP contribution in [0.15, 0.2) is 77.9 Å². The Hall–Kier alpha value is -3.30. The summed E-state index contributed by atoms with van der Waals surface area (Å²) in [6.45, 7) is 2.73. The number of nitrogens with one attached hydrogen (secondary N) is 1. The minimum absolute atomic E-state index is 0.105. The number of hydrogen-bond acceptors (Lipinski definition) is 5. The molecule has 1 amide bonds. The van der Waals surface area contributed by atoms with Gasteiger partial charge in [-0.15, -0.1) is 0 Å². The zero-order valence-electron chi connectivity index (χ0n) is 18.8. The smallest absolute Gasteiger partial charge is 0.275 e. The molecule has 0 aliphatic heterocycles. The van der Waals surface area contributed by atoms with E-state index in [1.54, 1.807) is 18.2 Å². The fraction of sp³-hybridized carbons (Fsp3) is 0.111. The molecule has 0 saturated carbocycles. The minimum Gasteiger partial charge on any atom is -0.507 e. The molecule has 6 nitrogen and oxygen atoms in total. The molecule has 0 spiro atoms. The Morgan fingerprint density at radius 2 is 1.77 bits per heavy atom. The van der Waals surface area contributed by atoms with Gasteiger partial charge < -0.3 is 14.6 Å². The number of aromatic hydroxyl groups is 1. The fourth-order valence-corrected chi connectivity index (χ4v) is 4.34. The van der Waals surface area contributed by atoms with Crippen LogP contribution in [-0.2, 0) is 6.61 Å². The van der Waals surface area contributed by atoms with E-state index in [-0.39, 0.29) is 11.3 Å². The summed E-state index contributed by atoms with van der Waals surface area (Å²) in [5.74, 6) is 0.594. The molecule has 4 aromatic carbocycles. The van der Waals surface area contributed by atoms with Crippen molar-refractivity contribution in [2.45, 2.75) is 13.5 Å². The average molecular weight is 601 g/mol. The predicted molar refractivity (Wildman–Crippen MR) is 147 cm³/mol. The van der Waals surface area contributed by atoms with Gasteiger partial charge in [-0.3, -0.25) is 4.79 Å². The minimum atomic E-state index is -0.507. The van der Waals surface area contributed by atoms with Gasteiger partial charge in [0.05, 0.1) is 22.0 Å². The van der Waals surface area contributed by atoms with Crippen molar-refractivity contribution in [1.29, 1.82) is 0 Å². The van der Waals surface area contributed by atoms with E-state index < -0.39 is 5.91 Å². The highest BCUT2D eigenvalue weighted by Gasteiger charge is 2.14. The van der Waals surface area contributed by atoms with Gasteiger partial charge in [-0.2, -0.15) is 5.10 Å². The van der Waals surface area contributed by atoms with Crippen LogP contribution in [0.25, 0.3) is 10.8 Å². The first-order chi connectivity index (χ1) is 16.9. The molecule has 0 radical (unpaired) electrons. The monoisotopic (exact) mass is 600 g/mol. The van der Waals surface area contributed by atoms with E-state index in [1.807, 2.05) is 61.5 Å². The third-order valence-corrected chi connectivity index (χ3v) is 6.17. The Bertz CT molecular complexity index is 1390. The van der Waals surface area contributed by atoms with E-state index in [0.717, 1.165) is 25.5 Å². The molecule has 35 heavy (non-hydrogen) atoms. The third-order valence-electron chi connectivity index (χ3n) is 5.12. The van der Waals surface area contributed by atoms with Crippen LogP contribution in [0.3, 0.4) is 0 Å². The van der Waals surface area contributed by atoms with Gasteiger partial charge in [-0.1, -0.05) is 48.0 Å². The molecule has 0 bridgehead atoms. The highest BCUT2D eigenvalue weighted by molar-refractivity contribution is 14.1. The quantitative estimate of drug-likeness (QED) is 0.137. The summed E-state index contributed by atoms with van der Waals surface area (Å²) in [5.41, 5.74) is 4.33. The Labute approximate surface area is 221 Å². The van der Waals surface area contributed by atoms with Crippen LogP contribution < -0.4 is 14.9 Å². The summed E-state index contributed by atoms with van der Waals surface area (Å²) >= 11 is 8.13. The summed E-state index contributed by atoms with van der Waals surface area (Å²) in [5, 5.41) is 16.7. The zero-order chi connectivity index (χ0) is 24.8. The van der Waals surface area contributed by atoms with E-state index in [9.17, 15) is 9.90 Å². The largest absolute Gasteiger partial charge is 0.507 e. The van der Waals surface area contributed by atoms with Crippen LogP contribution in [0.4, 0.5) is 0 Å². The maximum atomic E-state index is 12.6. The van der Waals surface area contributed by atoms with Crippen LogP contribution >= 0.6 is 34.2 Å². The van der Waals surface area contributed by atoms with Gasteiger partial charge in [0.25, 0.3) is 5.91 Å². The Kier molecular flexibility index (Phi) is 8.09. The molecule has 0 heterocycles. The van der Waals surface area contributed by atoms with Crippen molar-refractivity contribution in [1.82, 2.24) is 5.43 Å². The number of fused-ring (bicyclic) bond motifs is 1. The van der Waals surface area contributed by atoms with Gasteiger partial charge in [0.1, 0.15) is 12.4 Å². The van der Waals surface area contributed by atoms with Gasteiger partial charge >= 0.3 is 0 Å². The third kappa shape index (κ3) is 6.23. The molecular weight excluding hydrogens is 579 g/mol. The van der Waals surface area contributed by atoms with Crippen molar-refractivity contribution in [3.05, 3.63) is 98.1 Å². The fourth-order valence-electron chi connectivity index (χ4n) is 3.44. The van der Waals surface area contributed by atoms with E-state index in [2.05, 4.69) is 33.1 Å². The highest BCUT2D eigenvalue weighted by Crippen LogP contribution is 2.34. The molecule has 4 aromatic rings. The maximum absolute atomic E-state index is 12.6. The number of nitrogens with zero attached hydrogens (tertiary/aromatic N) is 1. The van der Waals surface area contributed by atoms with Crippen LogP contribution in [0.2, 0.25) is 5.02 Å². The topological polar surface area (TPSA) is 80.2 Å². The van der Waals surface area contributed by atoms with E-state index in [0.29, 0.717) is 29.7 Å². The molecule has 178 valence electrons. The number of phenolic OH excluding ortho intramolecular Hbond substituents is 1. The Morgan fingerprint density at radius 3 is 2.49 bits per heavy atom. The lowest BCUT2D eigenvalue weighted by molar-refractivity contribution is 0.0952. The number of rotatable bonds is 8. The second kappa shape index (κ2) is 11.4. The molecule has 0 unspecified atom stereocenters. The van der Waals surface area contributed by atoms with Gasteiger partial charge in [0.15, 0.2) is 11.5 Å². The van der Waals surface area contributed by atoms with Crippen LogP contribution in [0.1, 0.15) is 28.4 Å². The standard InChI is InChI=1S/C27H22ClIN2O4/c1-2-34-25-12-18(11-23(29)26(25)35-16-17-7-9-21(28)10-8-17)15-30-31-27(33)22-13-19-5-3-4-6-20(19)14-24(22)32/h3-15,32H,2,16H2,1H3,(H,31,33). The molecule has 0 aromatic heterocycles. The number of hydrogen-bond donors (Lipinski definition) is 2. The van der Waals surface area contributed by atoms with Gasteiger partial charge in [-0.05, 0) is 87.8 Å². The van der Waals surface area contributed by atoms with Crippen molar-refractivity contribution in [2.75, 3.05) is 6.61 Å². The first-order valence-electron chi connectivity index (χ1n) is 10.8. The molecule has 0 saturated heterocycles. The van der Waals surface area contributed by atoms with Crippen LogP contribution in [0.5, 0.6) is 17.2 Å². The van der Waals surface area contributed by atoms with E-state index in [1.165, 1.54) is 6.21 Å². The number of carbonyl (C=O) groups excluding carboxylic acids is 1. The van der Waals surface area contributed by atoms with E-state index >= 15 is 0 Å². The van der Waals surface area contributed by atoms with Crippen molar-refractivity contribution < 1.29 is 19.4 Å². The van der Waals surface area contributed by atoms with Crippen molar-refractivity contribution in [3.63, 3.8) is 0 Å². The highest BCUT2D eigenvalue weighted by atomic mass is 127. The average Bonchev–Trinajstić information content (AvgIpc) is 2.84.